The molecule has 0 aliphatic heterocycles. The van der Waals surface area contributed by atoms with Crippen LogP contribution in [-0.4, -0.2) is 16.4 Å². The van der Waals surface area contributed by atoms with E-state index in [1.165, 1.54) is 24.3 Å². The van der Waals surface area contributed by atoms with Gasteiger partial charge in [0.05, 0.1) is 0 Å². The second kappa shape index (κ2) is 8.21. The fourth-order valence-electron chi connectivity index (χ4n) is 3.34. The zero-order valence-corrected chi connectivity index (χ0v) is 16.4. The molecule has 0 saturated heterocycles. The number of para-hydroxylation sites is 1. The van der Waals surface area contributed by atoms with Gasteiger partial charge in [0.25, 0.3) is 11.8 Å². The summed E-state index contributed by atoms with van der Waals surface area (Å²) in [6.07, 6.45) is 0. The first kappa shape index (κ1) is 19.4. The molecule has 0 aliphatic carbocycles. The van der Waals surface area contributed by atoms with E-state index in [2.05, 4.69) is 10.6 Å². The number of amides is 2. The number of hydrogen-bond donors (Lipinski definition) is 2. The number of nitrogens with one attached hydrogen (secondary N) is 2. The zero-order chi connectivity index (χ0) is 21.1. The molecule has 0 atom stereocenters. The van der Waals surface area contributed by atoms with Crippen LogP contribution in [0.3, 0.4) is 0 Å². The number of aryl methyl sites for hydroxylation is 1. The van der Waals surface area contributed by atoms with Crippen molar-refractivity contribution in [2.75, 3.05) is 5.32 Å². The number of anilines is 1. The van der Waals surface area contributed by atoms with Gasteiger partial charge in [0.2, 0.25) is 0 Å². The largest absolute Gasteiger partial charge is 0.347 e. The summed E-state index contributed by atoms with van der Waals surface area (Å²) < 4.78 is 14.9. The summed E-state index contributed by atoms with van der Waals surface area (Å²) >= 11 is 0. The van der Waals surface area contributed by atoms with E-state index in [4.69, 9.17) is 0 Å². The molecule has 0 aliphatic rings. The maximum absolute atomic E-state index is 13.0. The van der Waals surface area contributed by atoms with Gasteiger partial charge in [0, 0.05) is 35.7 Å². The van der Waals surface area contributed by atoms with E-state index in [-0.39, 0.29) is 11.8 Å². The topological polar surface area (TPSA) is 63.1 Å². The van der Waals surface area contributed by atoms with Crippen LogP contribution in [0.4, 0.5) is 10.1 Å². The van der Waals surface area contributed by atoms with E-state index in [0.717, 1.165) is 16.5 Å². The van der Waals surface area contributed by atoms with Crippen molar-refractivity contribution in [1.82, 2.24) is 9.88 Å². The lowest BCUT2D eigenvalue weighted by Gasteiger charge is -2.09. The molecule has 30 heavy (non-hydrogen) atoms. The number of benzene rings is 3. The zero-order valence-electron chi connectivity index (χ0n) is 16.4. The molecule has 4 aromatic rings. The number of halogens is 1. The molecule has 150 valence electrons. The highest BCUT2D eigenvalue weighted by molar-refractivity contribution is 6.04. The normalized spacial score (nSPS) is 10.7. The van der Waals surface area contributed by atoms with Gasteiger partial charge in [-0.1, -0.05) is 30.3 Å². The Morgan fingerprint density at radius 3 is 2.43 bits per heavy atom. The van der Waals surface area contributed by atoms with E-state index >= 15 is 0 Å². The molecule has 0 spiro atoms. The van der Waals surface area contributed by atoms with Gasteiger partial charge in [0.15, 0.2) is 0 Å². The molecule has 2 amide bonds. The predicted octanol–water partition coefficient (Wildman–Crippen LogP) is 4.50. The highest BCUT2D eigenvalue weighted by Crippen LogP contribution is 2.18. The van der Waals surface area contributed by atoms with Crippen LogP contribution in [0.1, 0.15) is 26.4 Å². The predicted molar refractivity (Wildman–Crippen MR) is 115 cm³/mol. The molecule has 1 aromatic heterocycles. The Morgan fingerprint density at radius 2 is 1.67 bits per heavy atom. The van der Waals surface area contributed by atoms with Gasteiger partial charge in [-0.05, 0) is 54.1 Å². The lowest BCUT2D eigenvalue weighted by atomic mass is 10.1. The van der Waals surface area contributed by atoms with Gasteiger partial charge in [-0.25, -0.2) is 4.39 Å². The third-order valence-electron chi connectivity index (χ3n) is 4.93. The summed E-state index contributed by atoms with van der Waals surface area (Å²) in [5, 5.41) is 6.72. The average molecular weight is 401 g/mol. The van der Waals surface area contributed by atoms with Crippen molar-refractivity contribution in [3.8, 4) is 0 Å². The second-order valence-electron chi connectivity index (χ2n) is 6.99. The third-order valence-corrected chi connectivity index (χ3v) is 4.93. The summed E-state index contributed by atoms with van der Waals surface area (Å²) in [7, 11) is 1.86. The molecule has 0 bridgehead atoms. The molecule has 5 nitrogen and oxygen atoms in total. The number of fused-ring (bicyclic) bond motifs is 1. The van der Waals surface area contributed by atoms with Gasteiger partial charge in [-0.15, -0.1) is 0 Å². The van der Waals surface area contributed by atoms with Crippen molar-refractivity contribution >= 4 is 28.4 Å². The Balaban J connectivity index is 1.42. The Bertz CT molecular complexity index is 1230. The Labute approximate surface area is 173 Å². The van der Waals surface area contributed by atoms with Crippen LogP contribution in [0.2, 0.25) is 0 Å². The number of carbonyl (C=O) groups is 2. The van der Waals surface area contributed by atoms with Crippen LogP contribution >= 0.6 is 0 Å². The molecule has 0 saturated carbocycles. The van der Waals surface area contributed by atoms with Crippen LogP contribution in [0.5, 0.6) is 0 Å². The van der Waals surface area contributed by atoms with Crippen molar-refractivity contribution in [3.63, 3.8) is 0 Å². The molecular formula is C24H20FN3O2. The van der Waals surface area contributed by atoms with Crippen molar-refractivity contribution in [2.24, 2.45) is 7.05 Å². The third kappa shape index (κ3) is 4.07. The van der Waals surface area contributed by atoms with Gasteiger partial charge in [-0.3, -0.25) is 9.59 Å². The quantitative estimate of drug-likeness (QED) is 0.517. The van der Waals surface area contributed by atoms with Crippen LogP contribution < -0.4 is 10.6 Å². The molecule has 0 unspecified atom stereocenters. The summed E-state index contributed by atoms with van der Waals surface area (Å²) in [6.45, 7) is 0.320. The fraction of sp³-hybridized carbons (Fsp3) is 0.0833. The minimum atomic E-state index is -0.393. The standard InChI is InChI=1S/C24H20FN3O2/c1-28-21-8-3-2-6-18(21)14-22(28)24(30)26-15-16-5-4-7-20(13-16)27-23(29)17-9-11-19(25)12-10-17/h2-14H,15H2,1H3,(H,26,30)(H,27,29). The van der Waals surface area contributed by atoms with Gasteiger partial charge in [0.1, 0.15) is 11.5 Å². The maximum atomic E-state index is 13.0. The Hall–Kier alpha value is -3.93. The van der Waals surface area contributed by atoms with Crippen molar-refractivity contribution in [1.29, 1.82) is 0 Å². The summed E-state index contributed by atoms with van der Waals surface area (Å²) in [5.41, 5.74) is 3.38. The molecular weight excluding hydrogens is 381 g/mol. The fourth-order valence-corrected chi connectivity index (χ4v) is 3.34. The molecule has 2 N–H and O–H groups in total. The van der Waals surface area contributed by atoms with E-state index in [9.17, 15) is 14.0 Å². The van der Waals surface area contributed by atoms with Gasteiger partial charge < -0.3 is 15.2 Å². The van der Waals surface area contributed by atoms with Gasteiger partial charge in [-0.2, -0.15) is 0 Å². The van der Waals surface area contributed by atoms with Crippen LogP contribution in [0.25, 0.3) is 10.9 Å². The van der Waals surface area contributed by atoms with Crippen LogP contribution in [-0.2, 0) is 13.6 Å². The maximum Gasteiger partial charge on any atom is 0.268 e. The van der Waals surface area contributed by atoms with Crippen molar-refractivity contribution in [3.05, 3.63) is 102 Å². The van der Waals surface area contributed by atoms with E-state index in [1.54, 1.807) is 18.2 Å². The Kier molecular flexibility index (Phi) is 5.30. The molecule has 3 aromatic carbocycles. The van der Waals surface area contributed by atoms with E-state index in [0.29, 0.717) is 23.5 Å². The summed E-state index contributed by atoms with van der Waals surface area (Å²) in [5.74, 6) is -0.892. The first-order valence-corrected chi connectivity index (χ1v) is 9.50. The molecule has 1 heterocycles. The number of rotatable bonds is 5. The minimum Gasteiger partial charge on any atom is -0.347 e. The summed E-state index contributed by atoms with van der Waals surface area (Å²) in [6, 6.07) is 22.3. The highest BCUT2D eigenvalue weighted by Gasteiger charge is 2.13. The molecule has 4 rings (SSSR count). The van der Waals surface area contributed by atoms with Gasteiger partial charge >= 0.3 is 0 Å². The number of aromatic nitrogens is 1. The second-order valence-corrected chi connectivity index (χ2v) is 6.99. The van der Waals surface area contributed by atoms with Crippen molar-refractivity contribution < 1.29 is 14.0 Å². The number of nitrogens with zero attached hydrogens (tertiary/aromatic N) is 1. The number of hydrogen-bond acceptors (Lipinski definition) is 2. The Morgan fingerprint density at radius 1 is 0.900 bits per heavy atom. The van der Waals surface area contributed by atoms with Crippen molar-refractivity contribution in [2.45, 2.75) is 6.54 Å². The summed E-state index contributed by atoms with van der Waals surface area (Å²) in [4.78, 5) is 25.0. The van der Waals surface area contributed by atoms with Crippen LogP contribution in [0, 0.1) is 5.82 Å². The molecule has 6 heteroatoms. The first-order valence-electron chi connectivity index (χ1n) is 9.50. The molecule has 0 fully saturated rings. The number of carbonyl (C=O) groups excluding carboxylic acids is 2. The first-order chi connectivity index (χ1) is 14.5. The smallest absolute Gasteiger partial charge is 0.268 e. The molecule has 0 radical (unpaired) electrons. The van der Waals surface area contributed by atoms with E-state index < -0.39 is 5.82 Å². The van der Waals surface area contributed by atoms with Crippen LogP contribution in [0.15, 0.2) is 78.9 Å². The monoisotopic (exact) mass is 401 g/mol. The highest BCUT2D eigenvalue weighted by atomic mass is 19.1. The lowest BCUT2D eigenvalue weighted by molar-refractivity contribution is 0.0942. The SMILES string of the molecule is Cn1c(C(=O)NCc2cccc(NC(=O)c3ccc(F)cc3)c2)cc2ccccc21. The minimum absolute atomic E-state index is 0.172. The van der Waals surface area contributed by atoms with E-state index in [1.807, 2.05) is 48.0 Å². The lowest BCUT2D eigenvalue weighted by Crippen LogP contribution is -2.24. The average Bonchev–Trinajstić information content (AvgIpc) is 3.10.